The molecule has 1 unspecified atom stereocenters. The molecule has 1 rings (SSSR count). The highest BCUT2D eigenvalue weighted by atomic mass is 19.1. The van der Waals surface area contributed by atoms with E-state index in [9.17, 15) is 4.39 Å². The lowest BCUT2D eigenvalue weighted by Crippen LogP contribution is -2.34. The Kier molecular flexibility index (Phi) is 1.83. The van der Waals surface area contributed by atoms with Crippen molar-refractivity contribution in [3.8, 4) is 0 Å². The van der Waals surface area contributed by atoms with Crippen molar-refractivity contribution in [3.05, 3.63) is 11.5 Å². The van der Waals surface area contributed by atoms with Crippen LogP contribution in [0.1, 0.15) is 13.8 Å². The summed E-state index contributed by atoms with van der Waals surface area (Å²) in [7, 11) is 1.73. The fourth-order valence-electron chi connectivity index (χ4n) is 0.868. The molecule has 0 saturated heterocycles. The zero-order valence-corrected chi connectivity index (χ0v) is 6.52. The first-order chi connectivity index (χ1) is 4.63. The zero-order chi connectivity index (χ0) is 7.72. The van der Waals surface area contributed by atoms with Crippen LogP contribution >= 0.6 is 0 Å². The number of nitrogens with zero attached hydrogens (tertiary/aromatic N) is 1. The van der Waals surface area contributed by atoms with Crippen LogP contribution in [0.4, 0.5) is 4.39 Å². The number of rotatable bonds is 0. The van der Waals surface area contributed by atoms with Gasteiger partial charge in [-0.2, -0.15) is 0 Å². The van der Waals surface area contributed by atoms with Crippen LogP contribution in [0.2, 0.25) is 0 Å². The van der Waals surface area contributed by atoms with Crippen LogP contribution in [0, 0.1) is 0 Å². The summed E-state index contributed by atoms with van der Waals surface area (Å²) >= 11 is 0. The lowest BCUT2D eigenvalue weighted by molar-refractivity contribution is 0.0185. The quantitative estimate of drug-likeness (QED) is 0.479. The van der Waals surface area contributed by atoms with Crippen LogP contribution < -0.4 is 0 Å². The smallest absolute Gasteiger partial charge is 0.206 e. The van der Waals surface area contributed by atoms with E-state index in [1.54, 1.807) is 11.9 Å². The predicted octanol–water partition coefficient (Wildman–Crippen LogP) is 1.50. The highest BCUT2D eigenvalue weighted by Crippen LogP contribution is 2.19. The lowest BCUT2D eigenvalue weighted by atomic mass is 10.3. The van der Waals surface area contributed by atoms with Crippen LogP contribution in [0.5, 0.6) is 0 Å². The summed E-state index contributed by atoms with van der Waals surface area (Å²) < 4.78 is 17.8. The molecule has 0 spiro atoms. The molecule has 0 aromatic carbocycles. The van der Waals surface area contributed by atoms with Gasteiger partial charge in [-0.15, -0.1) is 0 Å². The molecule has 1 aliphatic heterocycles. The first-order valence-corrected chi connectivity index (χ1v) is 3.30. The van der Waals surface area contributed by atoms with E-state index in [1.807, 2.05) is 13.8 Å². The summed E-state index contributed by atoms with van der Waals surface area (Å²) in [5, 5.41) is 0. The molecule has 0 aromatic rings. The average molecular weight is 145 g/mol. The van der Waals surface area contributed by atoms with Crippen molar-refractivity contribution in [1.29, 1.82) is 0 Å². The second-order valence-electron chi connectivity index (χ2n) is 2.50. The van der Waals surface area contributed by atoms with Crippen LogP contribution in [0.25, 0.3) is 0 Å². The Labute approximate surface area is 60.3 Å². The first-order valence-electron chi connectivity index (χ1n) is 3.30. The van der Waals surface area contributed by atoms with E-state index >= 15 is 0 Å². The Morgan fingerprint density at radius 3 is 2.70 bits per heavy atom. The zero-order valence-electron chi connectivity index (χ0n) is 6.52. The number of ether oxygens (including phenoxy) is 1. The molecule has 1 atom stereocenters. The van der Waals surface area contributed by atoms with Gasteiger partial charge in [0.15, 0.2) is 0 Å². The van der Waals surface area contributed by atoms with E-state index in [0.717, 1.165) is 11.5 Å². The monoisotopic (exact) mass is 145 g/mol. The highest BCUT2D eigenvalue weighted by Gasteiger charge is 2.21. The molecule has 0 bridgehead atoms. The summed E-state index contributed by atoms with van der Waals surface area (Å²) in [6, 6.07) is 0. The maximum atomic E-state index is 12.8. The molecule has 0 fully saturated rings. The third-order valence-corrected chi connectivity index (χ3v) is 1.90. The third kappa shape index (κ3) is 1.08. The van der Waals surface area contributed by atoms with Gasteiger partial charge >= 0.3 is 0 Å². The van der Waals surface area contributed by atoms with Crippen molar-refractivity contribution in [2.45, 2.75) is 20.1 Å². The molecule has 0 amide bonds. The van der Waals surface area contributed by atoms with Gasteiger partial charge in [0.2, 0.25) is 6.30 Å². The van der Waals surface area contributed by atoms with E-state index in [0.29, 0.717) is 0 Å². The second-order valence-corrected chi connectivity index (χ2v) is 2.50. The minimum Gasteiger partial charge on any atom is -0.491 e. The molecule has 58 valence electrons. The van der Waals surface area contributed by atoms with Gasteiger partial charge in [-0.05, 0) is 13.8 Å². The summed E-state index contributed by atoms with van der Waals surface area (Å²) in [4.78, 5) is 1.58. The van der Waals surface area contributed by atoms with Crippen LogP contribution in [-0.2, 0) is 4.74 Å². The van der Waals surface area contributed by atoms with E-state index in [-0.39, 0.29) is 6.61 Å². The maximum Gasteiger partial charge on any atom is 0.206 e. The Morgan fingerprint density at radius 2 is 2.20 bits per heavy atom. The molecule has 10 heavy (non-hydrogen) atoms. The highest BCUT2D eigenvalue weighted by molar-refractivity contribution is 5.04. The van der Waals surface area contributed by atoms with Crippen molar-refractivity contribution in [2.24, 2.45) is 0 Å². The minimum absolute atomic E-state index is 0.152. The molecule has 1 aliphatic rings. The molecule has 1 heterocycles. The van der Waals surface area contributed by atoms with Crippen molar-refractivity contribution in [3.63, 3.8) is 0 Å². The Bertz CT molecular complexity index is 167. The fraction of sp³-hybridized carbons (Fsp3) is 0.714. The van der Waals surface area contributed by atoms with Crippen molar-refractivity contribution in [2.75, 3.05) is 13.7 Å². The number of hydrogen-bond acceptors (Lipinski definition) is 2. The van der Waals surface area contributed by atoms with Gasteiger partial charge in [0.05, 0.1) is 5.70 Å². The van der Waals surface area contributed by atoms with E-state index in [1.165, 1.54) is 0 Å². The first kappa shape index (κ1) is 7.38. The molecule has 2 nitrogen and oxygen atoms in total. The standard InChI is InChI=1S/C7H12FNO/c1-5-6(2)10-4-7(8)9(5)3/h7H,4H2,1-3H3. The normalized spacial score (nSPS) is 26.8. The Balaban J connectivity index is 2.77. The van der Waals surface area contributed by atoms with E-state index in [2.05, 4.69) is 0 Å². The largest absolute Gasteiger partial charge is 0.491 e. The molecule has 0 radical (unpaired) electrons. The van der Waals surface area contributed by atoms with Gasteiger partial charge in [0.1, 0.15) is 12.4 Å². The summed E-state index contributed by atoms with van der Waals surface area (Å²) in [6.07, 6.45) is -0.983. The van der Waals surface area contributed by atoms with E-state index < -0.39 is 6.30 Å². The molecule has 0 N–H and O–H groups in total. The number of alkyl halides is 1. The van der Waals surface area contributed by atoms with Gasteiger partial charge < -0.3 is 9.64 Å². The SMILES string of the molecule is CC1=C(C)N(C)C(F)CO1. The molecular formula is C7H12FNO. The van der Waals surface area contributed by atoms with Gasteiger partial charge in [-0.25, -0.2) is 4.39 Å². The summed E-state index contributed by atoms with van der Waals surface area (Å²) in [5.41, 5.74) is 0.874. The van der Waals surface area contributed by atoms with Gasteiger partial charge in [-0.1, -0.05) is 0 Å². The van der Waals surface area contributed by atoms with Gasteiger partial charge in [0.25, 0.3) is 0 Å². The fourth-order valence-corrected chi connectivity index (χ4v) is 0.868. The van der Waals surface area contributed by atoms with Crippen molar-refractivity contribution in [1.82, 2.24) is 4.90 Å². The minimum atomic E-state index is -0.983. The van der Waals surface area contributed by atoms with Crippen molar-refractivity contribution < 1.29 is 9.13 Å². The van der Waals surface area contributed by atoms with Gasteiger partial charge in [0, 0.05) is 7.05 Å². The third-order valence-electron chi connectivity index (χ3n) is 1.90. The second kappa shape index (κ2) is 2.48. The number of likely N-dealkylation sites (N-methyl/N-ethyl adjacent to an activating group) is 1. The predicted molar refractivity (Wildman–Crippen MR) is 37.0 cm³/mol. The average Bonchev–Trinajstić information content (AvgIpc) is 1.93. The number of allylic oxidation sites excluding steroid dienone is 2. The Hall–Kier alpha value is -0.730. The number of hydrogen-bond donors (Lipinski definition) is 0. The Morgan fingerprint density at radius 1 is 1.60 bits per heavy atom. The topological polar surface area (TPSA) is 12.5 Å². The van der Waals surface area contributed by atoms with Crippen LogP contribution in [0.15, 0.2) is 11.5 Å². The lowest BCUT2D eigenvalue weighted by Gasteiger charge is -2.30. The summed E-state index contributed by atoms with van der Waals surface area (Å²) in [6.45, 7) is 3.85. The van der Waals surface area contributed by atoms with Crippen LogP contribution in [-0.4, -0.2) is 24.9 Å². The molecular weight excluding hydrogens is 133 g/mol. The van der Waals surface area contributed by atoms with Crippen LogP contribution in [0.3, 0.4) is 0 Å². The van der Waals surface area contributed by atoms with E-state index in [4.69, 9.17) is 4.74 Å². The van der Waals surface area contributed by atoms with Crippen molar-refractivity contribution >= 4 is 0 Å². The molecule has 0 aromatic heterocycles. The summed E-state index contributed by atoms with van der Waals surface area (Å²) in [5.74, 6) is 0.816. The molecule has 3 heteroatoms. The molecule has 0 saturated carbocycles. The van der Waals surface area contributed by atoms with Gasteiger partial charge in [-0.3, -0.25) is 0 Å². The number of halogens is 1. The molecule has 0 aliphatic carbocycles. The maximum absolute atomic E-state index is 12.8.